The third kappa shape index (κ3) is 5.24. The number of hydrogen-bond donors (Lipinski definition) is 1. The third-order valence-electron chi connectivity index (χ3n) is 4.93. The van der Waals surface area contributed by atoms with Gasteiger partial charge in [0.2, 0.25) is 0 Å². The predicted molar refractivity (Wildman–Crippen MR) is 102 cm³/mol. The van der Waals surface area contributed by atoms with Gasteiger partial charge < -0.3 is 19.3 Å². The van der Waals surface area contributed by atoms with Gasteiger partial charge in [-0.05, 0) is 56.6 Å². The fourth-order valence-electron chi connectivity index (χ4n) is 3.20. The van der Waals surface area contributed by atoms with Gasteiger partial charge in [0, 0.05) is 6.07 Å². The van der Waals surface area contributed by atoms with Crippen molar-refractivity contribution in [2.45, 2.75) is 58.2 Å². The number of carbonyl (C=O) groups excluding carboxylic acids is 1. The van der Waals surface area contributed by atoms with Crippen LogP contribution in [0.3, 0.4) is 0 Å². The summed E-state index contributed by atoms with van der Waals surface area (Å²) in [7, 11) is 3.11. The number of hydrogen-bond acceptors (Lipinski definition) is 5. The predicted octanol–water partition coefficient (Wildman–Crippen LogP) is 4.22. The summed E-state index contributed by atoms with van der Waals surface area (Å²) in [6.45, 7) is 3.96. The molecule has 0 saturated carbocycles. The molecule has 3 atom stereocenters. The van der Waals surface area contributed by atoms with Gasteiger partial charge in [0.1, 0.15) is 17.1 Å². The molecule has 26 heavy (non-hydrogen) atoms. The average Bonchev–Trinajstić information content (AvgIpc) is 2.63. The standard InChI is InChI=1S/C21H30O5/c1-14-8-5-6-10-16-12-17(24-3)13-19(25-4)20(16)21(23)26-15(2)9-7-11-18(14)22/h6,10,12-15,18,22H,5,7-9,11H2,1-4H3/b10-6+/t14-,15-,18+/m0/s1. The van der Waals surface area contributed by atoms with Crippen LogP contribution in [0, 0.1) is 5.92 Å². The number of rotatable bonds is 2. The van der Waals surface area contributed by atoms with Gasteiger partial charge in [-0.2, -0.15) is 0 Å². The van der Waals surface area contributed by atoms with E-state index < -0.39 is 5.97 Å². The van der Waals surface area contributed by atoms with E-state index in [0.717, 1.165) is 32.1 Å². The van der Waals surface area contributed by atoms with Gasteiger partial charge in [0.15, 0.2) is 0 Å². The molecule has 0 aliphatic carbocycles. The number of carbonyl (C=O) groups is 1. The highest BCUT2D eigenvalue weighted by atomic mass is 16.5. The van der Waals surface area contributed by atoms with E-state index in [4.69, 9.17) is 14.2 Å². The molecule has 2 rings (SSSR count). The van der Waals surface area contributed by atoms with Crippen LogP contribution in [0.2, 0.25) is 0 Å². The first-order valence-corrected chi connectivity index (χ1v) is 9.27. The van der Waals surface area contributed by atoms with Gasteiger partial charge in [-0.25, -0.2) is 4.79 Å². The molecule has 0 spiro atoms. The fourth-order valence-corrected chi connectivity index (χ4v) is 3.20. The summed E-state index contributed by atoms with van der Waals surface area (Å²) in [6.07, 6.45) is 7.36. The molecular formula is C21H30O5. The van der Waals surface area contributed by atoms with E-state index in [2.05, 4.69) is 6.92 Å². The zero-order valence-corrected chi connectivity index (χ0v) is 16.2. The van der Waals surface area contributed by atoms with Crippen LogP contribution in [0.15, 0.2) is 18.2 Å². The lowest BCUT2D eigenvalue weighted by Gasteiger charge is -2.21. The summed E-state index contributed by atoms with van der Waals surface area (Å²) in [5, 5.41) is 10.3. The number of ether oxygens (including phenoxy) is 3. The minimum Gasteiger partial charge on any atom is -0.497 e. The molecule has 0 bridgehead atoms. The quantitative estimate of drug-likeness (QED) is 0.798. The summed E-state index contributed by atoms with van der Waals surface area (Å²) >= 11 is 0. The van der Waals surface area contributed by atoms with E-state index >= 15 is 0 Å². The summed E-state index contributed by atoms with van der Waals surface area (Å²) in [6, 6.07) is 3.50. The lowest BCUT2D eigenvalue weighted by Crippen LogP contribution is -2.20. The van der Waals surface area contributed by atoms with Crippen LogP contribution in [0.5, 0.6) is 11.5 Å². The Hall–Kier alpha value is -2.01. The molecule has 1 aliphatic heterocycles. The molecule has 0 unspecified atom stereocenters. The van der Waals surface area contributed by atoms with Gasteiger partial charge in [0.25, 0.3) is 0 Å². The molecule has 5 heteroatoms. The smallest absolute Gasteiger partial charge is 0.342 e. The molecule has 1 heterocycles. The summed E-state index contributed by atoms with van der Waals surface area (Å²) in [5.74, 6) is 0.899. The molecule has 1 aromatic rings. The summed E-state index contributed by atoms with van der Waals surface area (Å²) in [4.78, 5) is 12.8. The molecule has 1 aliphatic rings. The Balaban J connectivity index is 2.40. The van der Waals surface area contributed by atoms with Crippen LogP contribution in [0.25, 0.3) is 6.08 Å². The zero-order valence-electron chi connectivity index (χ0n) is 16.2. The van der Waals surface area contributed by atoms with Crippen LogP contribution in [0.4, 0.5) is 0 Å². The first kappa shape index (κ1) is 20.3. The highest BCUT2D eigenvalue weighted by molar-refractivity contribution is 5.97. The Labute approximate surface area is 156 Å². The van der Waals surface area contributed by atoms with Crippen molar-refractivity contribution in [2.24, 2.45) is 5.92 Å². The third-order valence-corrected chi connectivity index (χ3v) is 4.93. The number of aliphatic hydroxyl groups excluding tert-OH is 1. The van der Waals surface area contributed by atoms with E-state index in [1.807, 2.05) is 25.1 Å². The number of allylic oxidation sites excluding steroid dienone is 1. The Morgan fingerprint density at radius 3 is 2.58 bits per heavy atom. The highest BCUT2D eigenvalue weighted by Crippen LogP contribution is 2.31. The van der Waals surface area contributed by atoms with Crippen molar-refractivity contribution in [1.29, 1.82) is 0 Å². The maximum absolute atomic E-state index is 12.8. The Kier molecular flexibility index (Phi) is 7.51. The molecule has 1 aromatic carbocycles. The maximum atomic E-state index is 12.8. The van der Waals surface area contributed by atoms with Crippen molar-refractivity contribution in [2.75, 3.05) is 14.2 Å². The van der Waals surface area contributed by atoms with Crippen LogP contribution in [0.1, 0.15) is 61.9 Å². The average molecular weight is 362 g/mol. The van der Waals surface area contributed by atoms with Crippen LogP contribution in [-0.4, -0.2) is 37.5 Å². The molecule has 144 valence electrons. The molecule has 1 N–H and O–H groups in total. The van der Waals surface area contributed by atoms with Gasteiger partial charge in [-0.15, -0.1) is 0 Å². The second-order valence-electron chi connectivity index (χ2n) is 6.97. The van der Waals surface area contributed by atoms with E-state index in [0.29, 0.717) is 22.6 Å². The molecule has 0 aromatic heterocycles. The maximum Gasteiger partial charge on any atom is 0.342 e. The summed E-state index contributed by atoms with van der Waals surface area (Å²) < 4.78 is 16.4. The van der Waals surface area contributed by atoms with Gasteiger partial charge in [-0.1, -0.05) is 19.1 Å². The van der Waals surface area contributed by atoms with Crippen molar-refractivity contribution in [3.63, 3.8) is 0 Å². The highest BCUT2D eigenvalue weighted by Gasteiger charge is 2.22. The van der Waals surface area contributed by atoms with Crippen molar-refractivity contribution in [1.82, 2.24) is 0 Å². The number of esters is 1. The zero-order chi connectivity index (χ0) is 19.1. The molecule has 0 saturated heterocycles. The number of benzene rings is 1. The Morgan fingerprint density at radius 2 is 1.88 bits per heavy atom. The second kappa shape index (κ2) is 9.62. The van der Waals surface area contributed by atoms with E-state index in [1.54, 1.807) is 13.2 Å². The molecule has 0 fully saturated rings. The second-order valence-corrected chi connectivity index (χ2v) is 6.97. The van der Waals surface area contributed by atoms with Crippen LogP contribution >= 0.6 is 0 Å². The van der Waals surface area contributed by atoms with E-state index in [1.165, 1.54) is 7.11 Å². The Bertz CT molecular complexity index is 638. The van der Waals surface area contributed by atoms with Crippen molar-refractivity contribution >= 4 is 12.0 Å². The monoisotopic (exact) mass is 362 g/mol. The number of aliphatic hydroxyl groups is 1. The van der Waals surface area contributed by atoms with Crippen LogP contribution < -0.4 is 9.47 Å². The summed E-state index contributed by atoms with van der Waals surface area (Å²) in [5.41, 5.74) is 1.13. The van der Waals surface area contributed by atoms with Gasteiger partial charge in [-0.3, -0.25) is 0 Å². The van der Waals surface area contributed by atoms with E-state index in [9.17, 15) is 9.90 Å². The lowest BCUT2D eigenvalue weighted by molar-refractivity contribution is 0.0299. The fraction of sp³-hybridized carbons (Fsp3) is 0.571. The minimum atomic E-state index is -0.400. The molecule has 5 nitrogen and oxygen atoms in total. The minimum absolute atomic E-state index is 0.225. The van der Waals surface area contributed by atoms with Crippen LogP contribution in [-0.2, 0) is 4.74 Å². The van der Waals surface area contributed by atoms with Gasteiger partial charge in [0.05, 0.1) is 26.4 Å². The molecule has 0 radical (unpaired) electrons. The molecular weight excluding hydrogens is 332 g/mol. The van der Waals surface area contributed by atoms with E-state index in [-0.39, 0.29) is 18.1 Å². The van der Waals surface area contributed by atoms with Crippen molar-refractivity contribution in [3.05, 3.63) is 29.3 Å². The SMILES string of the molecule is COc1cc2c(c(OC)c1)C(=O)O[C@@H](C)CCC[C@@H](O)[C@@H](C)CC/C=C/2. The number of cyclic esters (lactones) is 1. The first-order chi connectivity index (χ1) is 12.5. The topological polar surface area (TPSA) is 65.0 Å². The number of fused-ring (bicyclic) bond motifs is 1. The first-order valence-electron chi connectivity index (χ1n) is 9.27. The van der Waals surface area contributed by atoms with Crippen molar-refractivity contribution < 1.29 is 24.1 Å². The largest absolute Gasteiger partial charge is 0.497 e. The Morgan fingerprint density at radius 1 is 1.12 bits per heavy atom. The lowest BCUT2D eigenvalue weighted by atomic mass is 9.94. The van der Waals surface area contributed by atoms with Gasteiger partial charge >= 0.3 is 5.97 Å². The number of methoxy groups -OCH3 is 2. The normalized spacial score (nSPS) is 26.2. The van der Waals surface area contributed by atoms with Crippen molar-refractivity contribution in [3.8, 4) is 11.5 Å². The molecule has 0 amide bonds.